The molecule has 0 atom stereocenters. The fraction of sp³-hybridized carbons (Fsp3) is 0.133. The summed E-state index contributed by atoms with van der Waals surface area (Å²) < 4.78 is 18.8. The summed E-state index contributed by atoms with van der Waals surface area (Å²) in [6, 6.07) is 9.30. The van der Waals surface area contributed by atoms with Gasteiger partial charge in [0.1, 0.15) is 18.2 Å². The first-order valence-corrected chi connectivity index (χ1v) is 6.54. The lowest BCUT2D eigenvalue weighted by Gasteiger charge is -2.11. The summed E-state index contributed by atoms with van der Waals surface area (Å²) in [4.78, 5) is 0. The summed E-state index contributed by atoms with van der Waals surface area (Å²) in [6.07, 6.45) is 0. The second-order valence-corrected chi connectivity index (χ2v) is 4.90. The van der Waals surface area contributed by atoms with Crippen LogP contribution in [0.1, 0.15) is 16.7 Å². The first kappa shape index (κ1) is 15.1. The fourth-order valence-electron chi connectivity index (χ4n) is 1.77. The van der Waals surface area contributed by atoms with Crippen LogP contribution in [-0.4, -0.2) is 11.0 Å². The van der Waals surface area contributed by atoms with E-state index in [1.165, 1.54) is 12.1 Å². The van der Waals surface area contributed by atoms with Crippen molar-refractivity contribution in [3.05, 3.63) is 63.9 Å². The van der Waals surface area contributed by atoms with Crippen LogP contribution in [0, 0.1) is 12.7 Å². The highest BCUT2D eigenvalue weighted by Crippen LogP contribution is 2.23. The zero-order valence-electron chi connectivity index (χ0n) is 11.3. The Kier molecular flexibility index (Phi) is 4.65. The zero-order valence-corrected chi connectivity index (χ0v) is 12.1. The second-order valence-electron chi connectivity index (χ2n) is 4.49. The monoisotopic (exact) mass is 308 g/mol. The summed E-state index contributed by atoms with van der Waals surface area (Å²) in [6.45, 7) is 2.03. The van der Waals surface area contributed by atoms with Gasteiger partial charge in [-0.05, 0) is 24.6 Å². The molecular formula is C15H14ClFN2O2. The van der Waals surface area contributed by atoms with Crippen LogP contribution >= 0.6 is 11.6 Å². The van der Waals surface area contributed by atoms with E-state index < -0.39 is 0 Å². The van der Waals surface area contributed by atoms with Crippen molar-refractivity contribution < 1.29 is 14.3 Å². The van der Waals surface area contributed by atoms with Crippen molar-refractivity contribution in [3.63, 3.8) is 0 Å². The highest BCUT2D eigenvalue weighted by molar-refractivity contribution is 6.31. The number of benzene rings is 2. The van der Waals surface area contributed by atoms with Gasteiger partial charge >= 0.3 is 0 Å². The van der Waals surface area contributed by atoms with Crippen molar-refractivity contribution in [3.8, 4) is 5.75 Å². The van der Waals surface area contributed by atoms with Gasteiger partial charge in [0.2, 0.25) is 0 Å². The summed E-state index contributed by atoms with van der Waals surface area (Å²) in [5, 5.41) is 11.9. The van der Waals surface area contributed by atoms with Gasteiger partial charge in [0.05, 0.1) is 0 Å². The van der Waals surface area contributed by atoms with E-state index in [2.05, 4.69) is 5.16 Å². The summed E-state index contributed by atoms with van der Waals surface area (Å²) >= 11 is 6.12. The van der Waals surface area contributed by atoms with Crippen molar-refractivity contribution in [2.75, 3.05) is 0 Å². The van der Waals surface area contributed by atoms with E-state index in [-0.39, 0.29) is 18.3 Å². The number of rotatable bonds is 4. The molecule has 0 bridgehead atoms. The van der Waals surface area contributed by atoms with E-state index in [4.69, 9.17) is 27.3 Å². The van der Waals surface area contributed by atoms with E-state index >= 15 is 0 Å². The van der Waals surface area contributed by atoms with Crippen molar-refractivity contribution in [1.82, 2.24) is 0 Å². The Bertz CT molecular complexity index is 689. The third kappa shape index (κ3) is 3.64. The molecule has 0 spiro atoms. The standard InChI is InChI=1S/C15H14ClFN2O2/c1-9-2-5-12(17)7-14(9)21-8-11-4-3-10(6-13(11)16)15(18)19-20/h2-7,20H,8H2,1H3,(H2,18,19). The Hall–Kier alpha value is -2.27. The largest absolute Gasteiger partial charge is 0.488 e. The number of halogens is 2. The molecule has 2 rings (SSSR count). The molecule has 0 amide bonds. The maximum Gasteiger partial charge on any atom is 0.170 e. The Labute approximate surface area is 126 Å². The number of hydrogen-bond donors (Lipinski definition) is 2. The first-order valence-electron chi connectivity index (χ1n) is 6.16. The lowest BCUT2D eigenvalue weighted by molar-refractivity contribution is 0.302. The molecule has 4 nitrogen and oxygen atoms in total. The number of aryl methyl sites for hydroxylation is 1. The molecule has 2 aromatic rings. The minimum Gasteiger partial charge on any atom is -0.488 e. The van der Waals surface area contributed by atoms with Gasteiger partial charge in [-0.3, -0.25) is 0 Å². The molecule has 0 aliphatic heterocycles. The van der Waals surface area contributed by atoms with Crippen LogP contribution in [0.2, 0.25) is 5.02 Å². The van der Waals surface area contributed by atoms with Crippen molar-refractivity contribution in [2.24, 2.45) is 10.9 Å². The van der Waals surface area contributed by atoms with Crippen LogP contribution in [0.5, 0.6) is 5.75 Å². The lowest BCUT2D eigenvalue weighted by Crippen LogP contribution is -2.13. The summed E-state index contributed by atoms with van der Waals surface area (Å²) in [5.41, 5.74) is 7.54. The lowest BCUT2D eigenvalue weighted by atomic mass is 10.1. The molecule has 0 aliphatic carbocycles. The SMILES string of the molecule is Cc1ccc(F)cc1OCc1ccc(/C(N)=N/O)cc1Cl. The van der Waals surface area contributed by atoms with Gasteiger partial charge in [0.15, 0.2) is 5.84 Å². The van der Waals surface area contributed by atoms with Crippen LogP contribution < -0.4 is 10.5 Å². The third-order valence-corrected chi connectivity index (χ3v) is 3.34. The van der Waals surface area contributed by atoms with Crippen LogP contribution in [0.15, 0.2) is 41.6 Å². The predicted octanol–water partition coefficient (Wildman–Crippen LogP) is 3.46. The topological polar surface area (TPSA) is 67.8 Å². The van der Waals surface area contributed by atoms with E-state index in [0.717, 1.165) is 11.1 Å². The van der Waals surface area contributed by atoms with Gasteiger partial charge in [-0.1, -0.05) is 35.0 Å². The zero-order chi connectivity index (χ0) is 15.4. The first-order chi connectivity index (χ1) is 10.0. The summed E-state index contributed by atoms with van der Waals surface area (Å²) in [7, 11) is 0. The van der Waals surface area contributed by atoms with Gasteiger partial charge in [0, 0.05) is 22.2 Å². The maximum absolute atomic E-state index is 13.2. The molecule has 0 aliphatic rings. The predicted molar refractivity (Wildman–Crippen MR) is 79.4 cm³/mol. The highest BCUT2D eigenvalue weighted by Gasteiger charge is 2.07. The number of amidine groups is 1. The quantitative estimate of drug-likeness (QED) is 0.393. The van der Waals surface area contributed by atoms with Crippen molar-refractivity contribution in [1.29, 1.82) is 0 Å². The molecule has 0 aromatic heterocycles. The van der Waals surface area contributed by atoms with E-state index in [1.807, 2.05) is 6.92 Å². The highest BCUT2D eigenvalue weighted by atomic mass is 35.5. The molecule has 6 heteroatoms. The molecule has 21 heavy (non-hydrogen) atoms. The van der Waals surface area contributed by atoms with Crippen LogP contribution in [-0.2, 0) is 6.61 Å². The Balaban J connectivity index is 2.15. The average molecular weight is 309 g/mol. The number of hydrogen-bond acceptors (Lipinski definition) is 3. The number of nitrogens with two attached hydrogens (primary N) is 1. The van der Waals surface area contributed by atoms with Gasteiger partial charge in [-0.2, -0.15) is 0 Å². The molecule has 0 heterocycles. The van der Waals surface area contributed by atoms with Gasteiger partial charge in [-0.25, -0.2) is 4.39 Å². The summed E-state index contributed by atoms with van der Waals surface area (Å²) in [5.74, 6) is 0.0842. The maximum atomic E-state index is 13.2. The molecule has 0 fully saturated rings. The molecule has 0 saturated heterocycles. The minimum atomic E-state index is -0.357. The molecule has 3 N–H and O–H groups in total. The van der Waals surface area contributed by atoms with E-state index in [0.29, 0.717) is 16.3 Å². The van der Waals surface area contributed by atoms with Gasteiger partial charge in [0.25, 0.3) is 0 Å². The van der Waals surface area contributed by atoms with Crippen LogP contribution in [0.4, 0.5) is 4.39 Å². The molecule has 0 radical (unpaired) electrons. The number of ether oxygens (including phenoxy) is 1. The minimum absolute atomic E-state index is 0.0228. The average Bonchev–Trinajstić information content (AvgIpc) is 2.48. The number of nitrogens with zero attached hydrogens (tertiary/aromatic N) is 1. The smallest absolute Gasteiger partial charge is 0.170 e. The molecular weight excluding hydrogens is 295 g/mol. The Morgan fingerprint density at radius 1 is 1.33 bits per heavy atom. The fourth-order valence-corrected chi connectivity index (χ4v) is 2.00. The van der Waals surface area contributed by atoms with E-state index in [9.17, 15) is 4.39 Å². The normalized spacial score (nSPS) is 11.5. The molecule has 2 aromatic carbocycles. The second kappa shape index (κ2) is 6.45. The van der Waals surface area contributed by atoms with Crippen molar-refractivity contribution >= 4 is 17.4 Å². The van der Waals surface area contributed by atoms with Crippen molar-refractivity contribution in [2.45, 2.75) is 13.5 Å². The van der Waals surface area contributed by atoms with Crippen LogP contribution in [0.25, 0.3) is 0 Å². The van der Waals surface area contributed by atoms with Gasteiger partial charge in [-0.15, -0.1) is 0 Å². The Morgan fingerprint density at radius 3 is 2.76 bits per heavy atom. The van der Waals surface area contributed by atoms with Gasteiger partial charge < -0.3 is 15.7 Å². The molecule has 0 unspecified atom stereocenters. The Morgan fingerprint density at radius 2 is 2.10 bits per heavy atom. The third-order valence-electron chi connectivity index (χ3n) is 2.99. The number of oxime groups is 1. The van der Waals surface area contributed by atoms with Crippen LogP contribution in [0.3, 0.4) is 0 Å². The molecule has 110 valence electrons. The molecule has 0 saturated carbocycles. The van der Waals surface area contributed by atoms with E-state index in [1.54, 1.807) is 24.3 Å².